The summed E-state index contributed by atoms with van der Waals surface area (Å²) in [5.41, 5.74) is 0. The van der Waals surface area contributed by atoms with Gasteiger partial charge >= 0.3 is 11.9 Å². The molecular weight excluding hydrogens is 828 g/mol. The molecule has 0 amide bonds. The molecule has 0 aliphatic carbocycles. The molecule has 0 fully saturated rings. The van der Waals surface area contributed by atoms with Crippen molar-refractivity contribution in [2.45, 2.75) is 48.8 Å². The predicted molar refractivity (Wildman–Crippen MR) is 212 cm³/mol. The summed E-state index contributed by atoms with van der Waals surface area (Å²) in [7, 11) is 0. The van der Waals surface area contributed by atoms with E-state index in [1.807, 2.05) is 0 Å². The summed E-state index contributed by atoms with van der Waals surface area (Å²) in [6.45, 7) is 4.27. The zero-order valence-electron chi connectivity index (χ0n) is 34.2. The minimum absolute atomic E-state index is 0.0992. The second-order valence-corrected chi connectivity index (χ2v) is 13.6. The van der Waals surface area contributed by atoms with E-state index in [-0.39, 0.29) is 151 Å². The molecule has 0 aromatic carbocycles. The smallest absolute Gasteiger partial charge is 0.330 e. The molecule has 9 N–H and O–H groups in total. The van der Waals surface area contributed by atoms with E-state index in [1.54, 1.807) is 9.80 Å². The lowest BCUT2D eigenvalue weighted by atomic mass is 10.3. The molecule has 8 atom stereocenters. The lowest BCUT2D eigenvalue weighted by molar-refractivity contribution is -0.144. The molecule has 0 aliphatic rings. The Morgan fingerprint density at radius 3 is 1.10 bits per heavy atom. The van der Waals surface area contributed by atoms with Gasteiger partial charge in [-0.05, 0) is 0 Å². The molecule has 8 unspecified atom stereocenters. The van der Waals surface area contributed by atoms with Crippen LogP contribution in [-0.2, 0) is 52.2 Å². The molecule has 0 rings (SSSR count). The maximum atomic E-state index is 11.3. The van der Waals surface area contributed by atoms with Crippen LogP contribution in [0.4, 0.5) is 0 Å². The largest absolute Gasteiger partial charge is 0.460 e. The Kier molecular flexibility index (Phi) is 37.4. The van der Waals surface area contributed by atoms with Crippen molar-refractivity contribution in [2.75, 3.05) is 151 Å². The Labute approximate surface area is 356 Å². The first kappa shape index (κ1) is 58.0. The molecule has 0 bridgehead atoms. The van der Waals surface area contributed by atoms with E-state index >= 15 is 0 Å². The predicted octanol–water partition coefficient (Wildman–Crippen LogP) is -4.76. The fourth-order valence-electron chi connectivity index (χ4n) is 4.75. The molecule has 0 aliphatic heterocycles. The van der Waals surface area contributed by atoms with Gasteiger partial charge in [0.05, 0.1) is 117 Å². The third kappa shape index (κ3) is 33.6. The summed E-state index contributed by atoms with van der Waals surface area (Å²) in [4.78, 5) is 25.9. The highest BCUT2D eigenvalue weighted by Crippen LogP contribution is 2.05. The van der Waals surface area contributed by atoms with Gasteiger partial charge in [-0.25, -0.2) is 9.59 Å². The van der Waals surface area contributed by atoms with E-state index in [0.29, 0.717) is 0 Å². The summed E-state index contributed by atoms with van der Waals surface area (Å²) >= 11 is 5.78. The number of carbonyl (C=O) groups excluding carboxylic acids is 2. The summed E-state index contributed by atoms with van der Waals surface area (Å²) < 4.78 is 48.7. The van der Waals surface area contributed by atoms with Crippen LogP contribution in [0.5, 0.6) is 0 Å². The lowest BCUT2D eigenvalue weighted by Crippen LogP contribution is -2.39. The molecule has 0 radical (unpaired) electrons. The number of carbonyl (C=O) groups is 2. The summed E-state index contributed by atoms with van der Waals surface area (Å²) in [6, 6.07) is 0.110. The Balaban J connectivity index is 5.07. The average Bonchev–Trinajstić information content (AvgIpc) is 3.22. The molecule has 354 valence electrons. The van der Waals surface area contributed by atoms with Crippen molar-refractivity contribution in [1.29, 1.82) is 0 Å². The molecule has 0 saturated carbocycles. The van der Waals surface area contributed by atoms with Gasteiger partial charge in [-0.3, -0.25) is 9.80 Å². The highest BCUT2D eigenvalue weighted by molar-refractivity contribution is 6.17. The van der Waals surface area contributed by atoms with Gasteiger partial charge in [0, 0.05) is 44.9 Å². The maximum absolute atomic E-state index is 11.3. The average molecular weight is 897 g/mol. The molecule has 60 heavy (non-hydrogen) atoms. The number of aliphatic hydroxyl groups is 9. The Morgan fingerprint density at radius 1 is 0.467 bits per heavy atom. The van der Waals surface area contributed by atoms with E-state index in [1.165, 1.54) is 0 Å². The second kappa shape index (κ2) is 38.6. The van der Waals surface area contributed by atoms with Gasteiger partial charge in [0.25, 0.3) is 0 Å². The van der Waals surface area contributed by atoms with Crippen LogP contribution in [0, 0.1) is 0 Å². The number of halogens is 1. The van der Waals surface area contributed by atoms with Gasteiger partial charge < -0.3 is 88.6 Å². The van der Waals surface area contributed by atoms with E-state index in [9.17, 15) is 50.4 Å². The molecule has 0 aromatic heterocycles. The van der Waals surface area contributed by atoms with Gasteiger partial charge in [-0.2, -0.15) is 0 Å². The van der Waals surface area contributed by atoms with Crippen molar-refractivity contribution >= 4 is 23.5 Å². The van der Waals surface area contributed by atoms with Crippen LogP contribution in [0.15, 0.2) is 25.3 Å². The first-order chi connectivity index (χ1) is 28.8. The van der Waals surface area contributed by atoms with Gasteiger partial charge in [0.2, 0.25) is 0 Å². The number of hydrogen-bond acceptors (Lipinski definition) is 22. The number of hydrogen-bond donors (Lipinski definition) is 9. The maximum Gasteiger partial charge on any atom is 0.330 e. The quantitative estimate of drug-likeness (QED) is 0.0120. The Bertz CT molecular complexity index is 1070. The lowest BCUT2D eigenvalue weighted by Gasteiger charge is -2.25. The number of aliphatic hydroxyl groups excluding tert-OH is 9. The number of rotatable bonds is 43. The highest BCUT2D eigenvalue weighted by atomic mass is 35.5. The van der Waals surface area contributed by atoms with E-state index in [0.717, 1.165) is 12.2 Å². The van der Waals surface area contributed by atoms with Crippen molar-refractivity contribution in [3.8, 4) is 0 Å². The van der Waals surface area contributed by atoms with Crippen molar-refractivity contribution in [2.24, 2.45) is 0 Å². The van der Waals surface area contributed by atoms with Crippen LogP contribution in [-0.4, -0.2) is 268 Å². The fraction of sp³-hybridized carbons (Fsp3) is 0.838. The molecule has 23 heteroatoms. The monoisotopic (exact) mass is 896 g/mol. The molecular formula is C37H69ClN2O20. The SMILES string of the molecule is C=CC(=O)OCC(O)COC(COCC(O)COCC(O)CN(CCl)CCO)COCC(O)COCC(COCC(O)CN(CCO)CCO)OCC(O)COC(=O)C=C. The minimum Gasteiger partial charge on any atom is -0.460 e. The minimum atomic E-state index is -1.20. The normalized spacial score (nSPS) is 15.9. The van der Waals surface area contributed by atoms with Crippen LogP contribution >= 0.6 is 11.6 Å². The zero-order valence-corrected chi connectivity index (χ0v) is 35.0. The Morgan fingerprint density at radius 2 is 0.767 bits per heavy atom. The van der Waals surface area contributed by atoms with E-state index < -0.39 is 60.8 Å². The highest BCUT2D eigenvalue weighted by Gasteiger charge is 2.20. The van der Waals surface area contributed by atoms with Crippen LogP contribution in [0.3, 0.4) is 0 Å². The van der Waals surface area contributed by atoms with Gasteiger partial charge in [0.1, 0.15) is 49.8 Å². The molecule has 0 saturated heterocycles. The van der Waals surface area contributed by atoms with Crippen molar-refractivity contribution < 1.29 is 98.2 Å². The van der Waals surface area contributed by atoms with Crippen LogP contribution < -0.4 is 0 Å². The second-order valence-electron chi connectivity index (χ2n) is 13.4. The number of nitrogens with zero attached hydrogens (tertiary/aromatic N) is 2. The van der Waals surface area contributed by atoms with Crippen molar-refractivity contribution in [3.05, 3.63) is 25.3 Å². The molecule has 0 aromatic rings. The third-order valence-corrected chi connectivity index (χ3v) is 7.99. The Hall–Kier alpha value is -2.01. The van der Waals surface area contributed by atoms with Crippen molar-refractivity contribution in [1.82, 2.24) is 9.80 Å². The van der Waals surface area contributed by atoms with Gasteiger partial charge in [-0.1, -0.05) is 13.2 Å². The molecule has 0 heterocycles. The number of alkyl halides is 1. The van der Waals surface area contributed by atoms with Crippen LogP contribution in [0.2, 0.25) is 0 Å². The summed E-state index contributed by atoms with van der Waals surface area (Å²) in [5, 5.41) is 89.1. The van der Waals surface area contributed by atoms with Crippen molar-refractivity contribution in [3.63, 3.8) is 0 Å². The topological polar surface area (TPSA) is 306 Å². The number of ether oxygens (including phenoxy) is 9. The fourth-order valence-corrected chi connectivity index (χ4v) is 4.97. The van der Waals surface area contributed by atoms with Gasteiger partial charge in [0.15, 0.2) is 0 Å². The summed E-state index contributed by atoms with van der Waals surface area (Å²) in [5.74, 6) is -1.46. The van der Waals surface area contributed by atoms with Crippen LogP contribution in [0.25, 0.3) is 0 Å². The molecule has 22 nitrogen and oxygen atoms in total. The van der Waals surface area contributed by atoms with Gasteiger partial charge in [-0.15, -0.1) is 11.6 Å². The standard InChI is InChI=1S/C37H69ClN2O20/c1-3-36(50)59-21-32(48)19-57-34(23-53-14-28(44)11-39(5-8-41)6-9-42)24-55-17-31(47)18-56-26-35(58-20-33(49)22-60-37(51)4-2)25-54-16-30(46)15-52-13-29(45)12-40(27-38)7-10-43/h3-4,28-35,41-49H,1-2,5-27H2. The first-order valence-corrected chi connectivity index (χ1v) is 20.0. The number of esters is 2. The van der Waals surface area contributed by atoms with Crippen LogP contribution in [0.1, 0.15) is 0 Å². The van der Waals surface area contributed by atoms with E-state index in [2.05, 4.69) is 13.2 Å². The third-order valence-electron chi connectivity index (χ3n) is 7.65. The molecule has 0 spiro atoms. The zero-order chi connectivity index (χ0) is 45.0. The van der Waals surface area contributed by atoms with E-state index in [4.69, 9.17) is 59.3 Å². The summed E-state index contributed by atoms with van der Waals surface area (Å²) in [6.07, 6.45) is -6.26. The first-order valence-electron chi connectivity index (χ1n) is 19.4.